The number of ether oxygens (including phenoxy) is 3. The van der Waals surface area contributed by atoms with Crippen LogP contribution in [0.5, 0.6) is 5.75 Å². The summed E-state index contributed by atoms with van der Waals surface area (Å²) in [5.41, 5.74) is -0.310. The fourth-order valence-electron chi connectivity index (χ4n) is 4.28. The molecule has 2 N–H and O–H groups in total. The maximum atomic E-state index is 15.2. The SMILES string of the molecule is CO[C@@H]1C[C@H](C(=O)Nc2ccc(-n3cc(Br)cc(OC(=O)OCC(C)C)c3=O)cc2F)N(C(=O)Nc2ccc(Cl)cc2)C1. The summed E-state index contributed by atoms with van der Waals surface area (Å²) >= 11 is 9.16. The average molecular weight is 680 g/mol. The first-order valence-electron chi connectivity index (χ1n) is 13.2. The summed E-state index contributed by atoms with van der Waals surface area (Å²) in [7, 11) is 1.48. The molecule has 0 radical (unpaired) electrons. The zero-order valence-electron chi connectivity index (χ0n) is 23.4. The number of halogens is 3. The molecule has 0 aliphatic carbocycles. The Hall–Kier alpha value is -3.94. The Balaban J connectivity index is 1.50. The quantitative estimate of drug-likeness (QED) is 0.287. The summed E-state index contributed by atoms with van der Waals surface area (Å²) in [6, 6.07) is 10.0. The van der Waals surface area contributed by atoms with Crippen molar-refractivity contribution < 1.29 is 33.0 Å². The number of rotatable bonds is 8. The van der Waals surface area contributed by atoms with Gasteiger partial charge in [-0.05, 0) is 58.2 Å². The van der Waals surface area contributed by atoms with E-state index in [9.17, 15) is 19.2 Å². The van der Waals surface area contributed by atoms with Gasteiger partial charge in [0.05, 0.1) is 24.1 Å². The molecule has 0 unspecified atom stereocenters. The number of nitrogens with zero attached hydrogens (tertiary/aromatic N) is 2. The molecule has 2 heterocycles. The molecule has 4 rings (SSSR count). The molecule has 1 fully saturated rings. The first kappa shape index (κ1) is 32.0. The minimum Gasteiger partial charge on any atom is -0.434 e. The van der Waals surface area contributed by atoms with Crippen molar-refractivity contribution in [3.05, 3.63) is 80.4 Å². The molecular weight excluding hydrogens is 651 g/mol. The molecular formula is C29H29BrClFN4O7. The third-order valence-electron chi connectivity index (χ3n) is 6.42. The van der Waals surface area contributed by atoms with Crippen LogP contribution in [-0.2, 0) is 14.3 Å². The molecule has 2 atom stereocenters. The predicted octanol–water partition coefficient (Wildman–Crippen LogP) is 5.82. The van der Waals surface area contributed by atoms with E-state index in [2.05, 4.69) is 26.6 Å². The van der Waals surface area contributed by atoms with Crippen LogP contribution in [-0.4, -0.2) is 60.0 Å². The number of pyridine rings is 1. The number of methoxy groups -OCH3 is 1. The lowest BCUT2D eigenvalue weighted by Crippen LogP contribution is -2.45. The first-order valence-corrected chi connectivity index (χ1v) is 14.4. The standard InChI is InChI=1S/C29H29BrClFN4O7/c1-16(2)15-42-29(40)43-25-10-17(30)13-35(27(25)38)20-8-9-23(22(32)11-20)34-26(37)24-12-21(41-3)14-36(24)28(39)33-19-6-4-18(31)5-7-19/h4-11,13,16,21,24H,12,14-15H2,1-3H3,(H,33,39)(H,34,37)/t21-,24-/m1/s1. The van der Waals surface area contributed by atoms with Crippen molar-refractivity contribution in [2.45, 2.75) is 32.4 Å². The fraction of sp³-hybridized carbons (Fsp3) is 0.310. The van der Waals surface area contributed by atoms with E-state index in [1.165, 1.54) is 36.4 Å². The molecule has 11 nitrogen and oxygen atoms in total. The van der Waals surface area contributed by atoms with Gasteiger partial charge in [0.15, 0.2) is 0 Å². The summed E-state index contributed by atoms with van der Waals surface area (Å²) in [6.45, 7) is 3.95. The van der Waals surface area contributed by atoms with E-state index in [-0.39, 0.29) is 42.6 Å². The number of nitrogens with one attached hydrogen (secondary N) is 2. The largest absolute Gasteiger partial charge is 0.514 e. The van der Waals surface area contributed by atoms with E-state index < -0.39 is 41.6 Å². The molecule has 3 amide bonds. The van der Waals surface area contributed by atoms with E-state index in [1.54, 1.807) is 24.3 Å². The van der Waals surface area contributed by atoms with Crippen LogP contribution in [0.4, 0.5) is 25.4 Å². The number of likely N-dealkylation sites (tertiary alicyclic amines) is 1. The Bertz CT molecular complexity index is 1570. The summed E-state index contributed by atoms with van der Waals surface area (Å²) in [6.07, 6.45) is 0.133. The van der Waals surface area contributed by atoms with Gasteiger partial charge in [0.25, 0.3) is 5.56 Å². The lowest BCUT2D eigenvalue weighted by molar-refractivity contribution is -0.119. The van der Waals surface area contributed by atoms with Crippen molar-refractivity contribution in [3.8, 4) is 11.4 Å². The minimum atomic E-state index is -1.04. The first-order chi connectivity index (χ1) is 20.4. The van der Waals surface area contributed by atoms with Crippen LogP contribution in [0, 0.1) is 11.7 Å². The Morgan fingerprint density at radius 1 is 1.12 bits per heavy atom. The number of carbonyl (C=O) groups is 3. The number of urea groups is 1. The van der Waals surface area contributed by atoms with E-state index >= 15 is 4.39 Å². The molecule has 0 saturated carbocycles. The van der Waals surface area contributed by atoms with Crippen LogP contribution in [0.25, 0.3) is 5.69 Å². The number of hydrogen-bond donors (Lipinski definition) is 2. The molecule has 43 heavy (non-hydrogen) atoms. The number of hydrogen-bond acceptors (Lipinski definition) is 7. The highest BCUT2D eigenvalue weighted by atomic mass is 79.9. The van der Waals surface area contributed by atoms with Crippen molar-refractivity contribution >= 4 is 57.0 Å². The lowest BCUT2D eigenvalue weighted by atomic mass is 10.1. The van der Waals surface area contributed by atoms with Gasteiger partial charge in [-0.1, -0.05) is 25.4 Å². The van der Waals surface area contributed by atoms with E-state index in [0.29, 0.717) is 15.2 Å². The molecule has 2 aromatic carbocycles. The second-order valence-corrected chi connectivity index (χ2v) is 11.5. The molecule has 228 valence electrons. The van der Waals surface area contributed by atoms with Gasteiger partial charge in [-0.25, -0.2) is 14.0 Å². The van der Waals surface area contributed by atoms with Gasteiger partial charge < -0.3 is 29.7 Å². The molecule has 1 aliphatic heterocycles. The van der Waals surface area contributed by atoms with E-state index in [1.807, 2.05) is 13.8 Å². The predicted molar refractivity (Wildman–Crippen MR) is 162 cm³/mol. The highest BCUT2D eigenvalue weighted by Crippen LogP contribution is 2.26. The zero-order valence-corrected chi connectivity index (χ0v) is 25.8. The van der Waals surface area contributed by atoms with Gasteiger partial charge in [-0.3, -0.25) is 14.2 Å². The topological polar surface area (TPSA) is 128 Å². The molecule has 1 aliphatic rings. The normalized spacial score (nSPS) is 16.2. The van der Waals surface area contributed by atoms with Crippen LogP contribution in [0.1, 0.15) is 20.3 Å². The maximum Gasteiger partial charge on any atom is 0.514 e. The zero-order chi connectivity index (χ0) is 31.3. The Kier molecular flexibility index (Phi) is 10.4. The average Bonchev–Trinajstić information content (AvgIpc) is 3.41. The summed E-state index contributed by atoms with van der Waals surface area (Å²) < 4.78 is 32.1. The van der Waals surface area contributed by atoms with Gasteiger partial charge in [-0.15, -0.1) is 0 Å². The summed E-state index contributed by atoms with van der Waals surface area (Å²) in [5.74, 6) is -1.71. The number of benzene rings is 2. The lowest BCUT2D eigenvalue weighted by Gasteiger charge is -2.24. The number of aromatic nitrogens is 1. The molecule has 14 heteroatoms. The molecule has 0 spiro atoms. The maximum absolute atomic E-state index is 15.2. The highest BCUT2D eigenvalue weighted by Gasteiger charge is 2.40. The molecule has 3 aromatic rings. The molecule has 0 bridgehead atoms. The van der Waals surface area contributed by atoms with Crippen molar-refractivity contribution in [2.75, 3.05) is 30.9 Å². The summed E-state index contributed by atoms with van der Waals surface area (Å²) in [4.78, 5) is 52.6. The second-order valence-electron chi connectivity index (χ2n) is 10.1. The Labute approximate surface area is 260 Å². The van der Waals surface area contributed by atoms with E-state index in [4.69, 9.17) is 25.8 Å². The van der Waals surface area contributed by atoms with E-state index in [0.717, 1.165) is 10.6 Å². The van der Waals surface area contributed by atoms with Gasteiger partial charge in [0.2, 0.25) is 11.7 Å². The van der Waals surface area contributed by atoms with Crippen molar-refractivity contribution in [1.82, 2.24) is 9.47 Å². The van der Waals surface area contributed by atoms with Gasteiger partial charge >= 0.3 is 12.2 Å². The third kappa shape index (κ3) is 8.12. The van der Waals surface area contributed by atoms with Crippen molar-refractivity contribution in [2.24, 2.45) is 5.92 Å². The second kappa shape index (κ2) is 14.0. The smallest absolute Gasteiger partial charge is 0.434 e. The highest BCUT2D eigenvalue weighted by molar-refractivity contribution is 9.10. The number of anilines is 2. The van der Waals surface area contributed by atoms with Gasteiger partial charge in [0, 0.05) is 53.6 Å². The van der Waals surface area contributed by atoms with Crippen LogP contribution >= 0.6 is 27.5 Å². The number of carbonyl (C=O) groups excluding carboxylic acids is 3. The monoisotopic (exact) mass is 678 g/mol. The Morgan fingerprint density at radius 3 is 2.49 bits per heavy atom. The molecule has 1 aromatic heterocycles. The third-order valence-corrected chi connectivity index (χ3v) is 7.11. The van der Waals surface area contributed by atoms with Crippen LogP contribution in [0.2, 0.25) is 5.02 Å². The minimum absolute atomic E-state index is 0.0679. The van der Waals surface area contributed by atoms with Gasteiger partial charge in [-0.2, -0.15) is 0 Å². The van der Waals surface area contributed by atoms with Crippen LogP contribution < -0.4 is 20.9 Å². The fourth-order valence-corrected chi connectivity index (χ4v) is 4.82. The van der Waals surface area contributed by atoms with Gasteiger partial charge in [0.1, 0.15) is 11.9 Å². The van der Waals surface area contributed by atoms with Crippen molar-refractivity contribution in [1.29, 1.82) is 0 Å². The number of amides is 3. The van der Waals surface area contributed by atoms with Crippen LogP contribution in [0.3, 0.4) is 0 Å². The Morgan fingerprint density at radius 2 is 1.84 bits per heavy atom. The summed E-state index contributed by atoms with van der Waals surface area (Å²) in [5, 5.41) is 5.75. The molecule has 1 saturated heterocycles. The van der Waals surface area contributed by atoms with Crippen LogP contribution in [0.15, 0.2) is 64.0 Å². The van der Waals surface area contributed by atoms with Crippen molar-refractivity contribution in [3.63, 3.8) is 0 Å².